The first kappa shape index (κ1) is 33.4. The first-order valence-electron chi connectivity index (χ1n) is 12.9. The summed E-state index contributed by atoms with van der Waals surface area (Å²) >= 11 is 0. The molecule has 0 spiro atoms. The largest absolute Gasteiger partial charge is 0.539 e. The maximum Gasteiger partial charge on any atom is 0.351 e. The van der Waals surface area contributed by atoms with Crippen LogP contribution in [0.2, 0.25) is 0 Å². The van der Waals surface area contributed by atoms with Crippen LogP contribution in [0.1, 0.15) is 29.5 Å². The second kappa shape index (κ2) is 15.9. The molecule has 1 fully saturated rings. The smallest absolute Gasteiger partial charge is 0.351 e. The number of para-hydroxylation sites is 1. The molecular weight excluding hydrogens is 558 g/mol. The Bertz CT molecular complexity index is 1250. The van der Waals surface area contributed by atoms with Gasteiger partial charge in [0.1, 0.15) is 25.7 Å². The Hall–Kier alpha value is -4.76. The van der Waals surface area contributed by atoms with E-state index in [4.69, 9.17) is 49.1 Å². The summed E-state index contributed by atoms with van der Waals surface area (Å²) < 4.78 is 11.0. The van der Waals surface area contributed by atoms with E-state index in [0.717, 1.165) is 56.2 Å². The van der Waals surface area contributed by atoms with Crippen molar-refractivity contribution in [2.45, 2.75) is 38.4 Å². The van der Waals surface area contributed by atoms with Crippen molar-refractivity contribution < 1.29 is 63.8 Å². The SMILES string of the molecule is COc1cc2c(cc1OC)C[NH+](C1CCC[NH+](Cc3ccccc3[N+](=O)[O-])C1)CC2.O=C([O-])C(=O)O.O=C([O-])C(=O)O. The number of hydrogen-bond acceptors (Lipinski definition) is 10. The maximum absolute atomic E-state index is 11.4. The minimum absolute atomic E-state index is 0.243. The van der Waals surface area contributed by atoms with Crippen LogP contribution in [0, 0.1) is 10.1 Å². The summed E-state index contributed by atoms with van der Waals surface area (Å²) in [5.74, 6) is -6.42. The van der Waals surface area contributed by atoms with E-state index < -0.39 is 23.9 Å². The number of carboxylic acids is 4. The third-order valence-corrected chi connectivity index (χ3v) is 7.01. The summed E-state index contributed by atoms with van der Waals surface area (Å²) in [6, 6.07) is 12.0. The number of rotatable bonds is 6. The van der Waals surface area contributed by atoms with Gasteiger partial charge in [-0.3, -0.25) is 10.1 Å². The van der Waals surface area contributed by atoms with E-state index in [9.17, 15) is 10.1 Å². The number of nitrogens with zero attached hydrogens (tertiary/aromatic N) is 1. The molecule has 3 atom stereocenters. The highest BCUT2D eigenvalue weighted by molar-refractivity contribution is 6.26. The molecule has 2 aliphatic heterocycles. The normalized spacial score (nSPS) is 18.9. The molecular formula is C27H33N3O12. The summed E-state index contributed by atoms with van der Waals surface area (Å²) in [5.41, 5.74) is 3.79. The van der Waals surface area contributed by atoms with Gasteiger partial charge >= 0.3 is 11.9 Å². The lowest BCUT2D eigenvalue weighted by molar-refractivity contribution is -0.998. The summed E-state index contributed by atoms with van der Waals surface area (Å²) in [5, 5.41) is 44.0. The number of nitrogens with one attached hydrogen (secondary N) is 2. The topological polar surface area (TPSA) is 225 Å². The van der Waals surface area contributed by atoms with Gasteiger partial charge in [0.25, 0.3) is 5.69 Å². The van der Waals surface area contributed by atoms with Crippen LogP contribution in [-0.2, 0) is 38.7 Å². The Kier molecular flexibility index (Phi) is 12.6. The van der Waals surface area contributed by atoms with Crippen molar-refractivity contribution in [3.8, 4) is 11.5 Å². The molecule has 0 amide bonds. The predicted molar refractivity (Wildman–Crippen MR) is 139 cm³/mol. The van der Waals surface area contributed by atoms with Crippen LogP contribution in [-0.4, -0.2) is 78.9 Å². The predicted octanol–water partition coefficient (Wildman–Crippen LogP) is -3.56. The Labute approximate surface area is 240 Å². The van der Waals surface area contributed by atoms with Gasteiger partial charge in [-0.15, -0.1) is 0 Å². The van der Waals surface area contributed by atoms with E-state index in [1.807, 2.05) is 12.1 Å². The van der Waals surface area contributed by atoms with Gasteiger partial charge in [0, 0.05) is 30.9 Å². The number of carbonyl (C=O) groups excluding carboxylic acids is 2. The Morgan fingerprint density at radius 2 is 1.50 bits per heavy atom. The number of fused-ring (bicyclic) bond motifs is 1. The third kappa shape index (κ3) is 9.71. The minimum Gasteiger partial charge on any atom is -0.539 e. The van der Waals surface area contributed by atoms with Crippen LogP contribution in [0.4, 0.5) is 5.69 Å². The lowest BCUT2D eigenvalue weighted by Crippen LogP contribution is -3.24. The van der Waals surface area contributed by atoms with Crippen LogP contribution >= 0.6 is 0 Å². The van der Waals surface area contributed by atoms with Gasteiger partial charge in [0.2, 0.25) is 0 Å². The van der Waals surface area contributed by atoms with Crippen LogP contribution < -0.4 is 29.5 Å². The van der Waals surface area contributed by atoms with Gasteiger partial charge in [-0.05, 0) is 23.8 Å². The van der Waals surface area contributed by atoms with Crippen LogP contribution in [0.5, 0.6) is 11.5 Å². The van der Waals surface area contributed by atoms with Gasteiger partial charge in [-0.25, -0.2) is 9.59 Å². The fourth-order valence-electron chi connectivity index (χ4n) is 5.10. The molecule has 0 aromatic heterocycles. The number of carboxylic acid groups (broad SMARTS) is 4. The van der Waals surface area contributed by atoms with Crippen LogP contribution in [0.25, 0.3) is 0 Å². The van der Waals surface area contributed by atoms with E-state index in [-0.39, 0.29) is 10.6 Å². The third-order valence-electron chi connectivity index (χ3n) is 7.01. The molecule has 42 heavy (non-hydrogen) atoms. The van der Waals surface area contributed by atoms with Gasteiger partial charge < -0.3 is 49.3 Å². The molecule has 0 radical (unpaired) electrons. The summed E-state index contributed by atoms with van der Waals surface area (Å²) in [4.78, 5) is 50.2. The number of benzene rings is 2. The number of methoxy groups -OCH3 is 2. The molecule has 2 aromatic carbocycles. The van der Waals surface area contributed by atoms with Gasteiger partial charge in [-0.2, -0.15) is 0 Å². The second-order valence-electron chi connectivity index (χ2n) is 9.60. The van der Waals surface area contributed by atoms with Crippen molar-refractivity contribution >= 4 is 29.6 Å². The number of hydrogen-bond donors (Lipinski definition) is 4. The molecule has 2 heterocycles. The van der Waals surface area contributed by atoms with Crippen molar-refractivity contribution in [3.05, 3.63) is 63.2 Å². The minimum atomic E-state index is -2.07. The molecule has 0 aliphatic carbocycles. The fraction of sp³-hybridized carbons (Fsp3) is 0.407. The van der Waals surface area contributed by atoms with Crippen molar-refractivity contribution in [2.75, 3.05) is 33.9 Å². The van der Waals surface area contributed by atoms with Crippen molar-refractivity contribution in [2.24, 2.45) is 0 Å². The number of carbonyl (C=O) groups is 4. The molecule has 15 nitrogen and oxygen atoms in total. The van der Waals surface area contributed by atoms with Gasteiger partial charge in [0.05, 0.1) is 37.8 Å². The quantitative estimate of drug-likeness (QED) is 0.145. The average Bonchev–Trinajstić information content (AvgIpc) is 2.97. The van der Waals surface area contributed by atoms with Crippen LogP contribution in [0.3, 0.4) is 0 Å². The first-order valence-corrected chi connectivity index (χ1v) is 12.9. The first-order chi connectivity index (χ1) is 19.9. The number of likely N-dealkylation sites (tertiary alicyclic amines) is 1. The maximum atomic E-state index is 11.4. The Morgan fingerprint density at radius 3 is 2.02 bits per heavy atom. The summed E-state index contributed by atoms with van der Waals surface area (Å²) in [6.07, 6.45) is 3.43. The Balaban J connectivity index is 0.000000434. The standard InChI is InChI=1S/C23H29N3O4.2C2H2O4/c1-29-22-12-17-9-11-25(15-19(17)13-23(22)30-2)20-7-5-10-24(16-20)14-18-6-3-4-8-21(18)26(27)28;2*3-1(4)2(5)6/h3-4,6,8,12-13,20H,5,7,9-11,14-16H2,1-2H3;2*(H,3,4)(H,5,6). The van der Waals surface area contributed by atoms with E-state index in [2.05, 4.69) is 12.1 Å². The number of ether oxygens (including phenoxy) is 2. The zero-order valence-corrected chi connectivity index (χ0v) is 23.1. The molecule has 3 unspecified atom stereocenters. The molecule has 0 bridgehead atoms. The Morgan fingerprint density at radius 1 is 0.952 bits per heavy atom. The number of piperidine rings is 1. The molecule has 0 saturated carbocycles. The second-order valence-corrected chi connectivity index (χ2v) is 9.60. The molecule has 2 aromatic rings. The lowest BCUT2D eigenvalue weighted by atomic mass is 9.95. The zero-order chi connectivity index (χ0) is 31.4. The molecule has 4 N–H and O–H groups in total. The highest BCUT2D eigenvalue weighted by Gasteiger charge is 2.34. The molecule has 1 saturated heterocycles. The number of aliphatic carboxylic acids is 4. The van der Waals surface area contributed by atoms with E-state index in [1.54, 1.807) is 31.3 Å². The van der Waals surface area contributed by atoms with Gasteiger partial charge in [0.15, 0.2) is 23.4 Å². The monoisotopic (exact) mass is 591 g/mol. The number of nitro benzene ring substituents is 1. The average molecular weight is 592 g/mol. The zero-order valence-electron chi connectivity index (χ0n) is 23.1. The van der Waals surface area contributed by atoms with E-state index in [1.165, 1.54) is 28.9 Å². The number of nitro groups is 1. The molecule has 2 aliphatic rings. The van der Waals surface area contributed by atoms with E-state index in [0.29, 0.717) is 6.04 Å². The molecule has 15 heteroatoms. The summed E-state index contributed by atoms with van der Waals surface area (Å²) in [7, 11) is 3.37. The fourth-order valence-corrected chi connectivity index (χ4v) is 5.10. The van der Waals surface area contributed by atoms with Crippen molar-refractivity contribution in [1.82, 2.24) is 0 Å². The van der Waals surface area contributed by atoms with Crippen molar-refractivity contribution in [1.29, 1.82) is 0 Å². The highest BCUT2D eigenvalue weighted by Crippen LogP contribution is 2.31. The van der Waals surface area contributed by atoms with Gasteiger partial charge in [-0.1, -0.05) is 12.1 Å². The molecule has 228 valence electrons. The lowest BCUT2D eigenvalue weighted by Gasteiger charge is -2.37. The number of quaternary nitrogens is 2. The summed E-state index contributed by atoms with van der Waals surface area (Å²) in [6.45, 7) is 4.98. The van der Waals surface area contributed by atoms with Crippen LogP contribution in [0.15, 0.2) is 36.4 Å². The highest BCUT2D eigenvalue weighted by atomic mass is 16.6. The molecule has 4 rings (SSSR count). The van der Waals surface area contributed by atoms with E-state index >= 15 is 0 Å². The van der Waals surface area contributed by atoms with Crippen molar-refractivity contribution in [3.63, 3.8) is 0 Å².